The summed E-state index contributed by atoms with van der Waals surface area (Å²) in [7, 11) is 1.55. The van der Waals surface area contributed by atoms with Crippen molar-refractivity contribution in [2.75, 3.05) is 12.4 Å². The fraction of sp³-hybridized carbons (Fsp3) is 0.238. The predicted octanol–water partition coefficient (Wildman–Crippen LogP) is 4.14. The highest BCUT2D eigenvalue weighted by atomic mass is 16.2. The zero-order valence-corrected chi connectivity index (χ0v) is 15.6. The van der Waals surface area contributed by atoms with Gasteiger partial charge in [0.25, 0.3) is 5.91 Å². The highest BCUT2D eigenvalue weighted by Gasteiger charge is 2.24. The predicted molar refractivity (Wildman–Crippen MR) is 106 cm³/mol. The lowest BCUT2D eigenvalue weighted by atomic mass is 9.92. The van der Waals surface area contributed by atoms with Crippen LogP contribution in [0.1, 0.15) is 42.3 Å². The highest BCUT2D eigenvalue weighted by molar-refractivity contribution is 6.03. The molecule has 0 saturated carbocycles. The molecule has 3 N–H and O–H groups in total. The average molecular weight is 351 g/mol. The highest BCUT2D eigenvalue weighted by Crippen LogP contribution is 2.24. The zero-order chi connectivity index (χ0) is 19.3. The first-order valence-electron chi connectivity index (χ1n) is 8.41. The Morgan fingerprint density at radius 3 is 2.38 bits per heavy atom. The molecule has 0 spiro atoms. The number of carbonyl (C=O) groups is 2. The number of allylic oxidation sites excluding steroid dienone is 1. The largest absolute Gasteiger partial charge is 0.355 e. The van der Waals surface area contributed by atoms with E-state index in [1.54, 1.807) is 31.3 Å². The number of benzene rings is 2. The molecule has 136 valence electrons. The summed E-state index contributed by atoms with van der Waals surface area (Å²) in [6, 6.07) is 14.4. The normalized spacial score (nSPS) is 10.8. The standard InChI is InChI=1S/C21H25N3O2/c1-14(2)15-9-8-10-16(13-15)21(3,4)24-20(26)23-18-12-7-6-11-17(18)19(25)22-5/h6-13H,1H2,2-5H3,(H,22,25)(H2,23,24,26). The van der Waals surface area contributed by atoms with Crippen molar-refractivity contribution in [3.05, 3.63) is 71.8 Å². The molecule has 0 saturated heterocycles. The van der Waals surface area contributed by atoms with Crippen molar-refractivity contribution < 1.29 is 9.59 Å². The lowest BCUT2D eigenvalue weighted by molar-refractivity contribution is 0.0964. The fourth-order valence-electron chi connectivity index (χ4n) is 2.61. The molecule has 0 heterocycles. The van der Waals surface area contributed by atoms with E-state index in [1.165, 1.54) is 0 Å². The van der Waals surface area contributed by atoms with E-state index < -0.39 is 5.54 Å². The molecule has 0 aromatic heterocycles. The van der Waals surface area contributed by atoms with Gasteiger partial charge in [0, 0.05) is 7.05 Å². The number of rotatable bonds is 5. The Bertz CT molecular complexity index is 841. The van der Waals surface area contributed by atoms with E-state index in [0.29, 0.717) is 11.3 Å². The smallest absolute Gasteiger partial charge is 0.319 e. The summed E-state index contributed by atoms with van der Waals surface area (Å²) in [6.07, 6.45) is 0. The summed E-state index contributed by atoms with van der Waals surface area (Å²) < 4.78 is 0. The summed E-state index contributed by atoms with van der Waals surface area (Å²) in [5, 5.41) is 8.29. The van der Waals surface area contributed by atoms with Crippen LogP contribution in [0.4, 0.5) is 10.5 Å². The topological polar surface area (TPSA) is 70.2 Å². The van der Waals surface area contributed by atoms with E-state index in [4.69, 9.17) is 0 Å². The van der Waals surface area contributed by atoms with Crippen LogP contribution in [-0.4, -0.2) is 19.0 Å². The first kappa shape index (κ1) is 19.2. The number of nitrogens with one attached hydrogen (secondary N) is 3. The zero-order valence-electron chi connectivity index (χ0n) is 15.6. The molecule has 0 radical (unpaired) electrons. The molecule has 0 aliphatic carbocycles. The maximum absolute atomic E-state index is 12.5. The van der Waals surface area contributed by atoms with Crippen molar-refractivity contribution in [2.24, 2.45) is 0 Å². The molecule has 0 bridgehead atoms. The lowest BCUT2D eigenvalue weighted by Gasteiger charge is -2.28. The van der Waals surface area contributed by atoms with Crippen LogP contribution in [0.3, 0.4) is 0 Å². The van der Waals surface area contributed by atoms with Gasteiger partial charge < -0.3 is 16.0 Å². The van der Waals surface area contributed by atoms with Crippen molar-refractivity contribution in [1.29, 1.82) is 0 Å². The number of anilines is 1. The summed E-state index contributed by atoms with van der Waals surface area (Å²) in [4.78, 5) is 24.4. The Morgan fingerprint density at radius 1 is 1.04 bits per heavy atom. The van der Waals surface area contributed by atoms with Crippen molar-refractivity contribution in [2.45, 2.75) is 26.3 Å². The number of para-hydroxylation sites is 1. The molecular formula is C21H25N3O2. The summed E-state index contributed by atoms with van der Waals surface area (Å²) in [6.45, 7) is 9.76. The Labute approximate surface area is 154 Å². The molecule has 3 amide bonds. The van der Waals surface area contributed by atoms with Crippen molar-refractivity contribution in [3.8, 4) is 0 Å². The van der Waals surface area contributed by atoms with E-state index in [1.807, 2.05) is 45.0 Å². The number of hydrogen-bond acceptors (Lipinski definition) is 2. The van der Waals surface area contributed by atoms with Crippen molar-refractivity contribution >= 4 is 23.2 Å². The molecule has 5 heteroatoms. The Kier molecular flexibility index (Phi) is 5.82. The number of urea groups is 1. The number of carbonyl (C=O) groups excluding carboxylic acids is 2. The van der Waals surface area contributed by atoms with Gasteiger partial charge in [-0.15, -0.1) is 0 Å². The van der Waals surface area contributed by atoms with Gasteiger partial charge in [-0.25, -0.2) is 4.79 Å². The Balaban J connectivity index is 2.18. The Hall–Kier alpha value is -3.08. The molecule has 0 atom stereocenters. The van der Waals surface area contributed by atoms with Gasteiger partial charge in [0.2, 0.25) is 0 Å². The van der Waals surface area contributed by atoms with Gasteiger partial charge in [0.15, 0.2) is 0 Å². The van der Waals surface area contributed by atoms with Gasteiger partial charge in [0.05, 0.1) is 16.8 Å². The van der Waals surface area contributed by atoms with E-state index in [0.717, 1.165) is 16.7 Å². The summed E-state index contributed by atoms with van der Waals surface area (Å²) >= 11 is 0. The SMILES string of the molecule is C=C(C)c1cccc(C(C)(C)NC(=O)Nc2ccccc2C(=O)NC)c1. The monoisotopic (exact) mass is 351 g/mol. The third kappa shape index (κ3) is 4.51. The second kappa shape index (κ2) is 7.87. The molecule has 0 unspecified atom stereocenters. The van der Waals surface area contributed by atoms with Crippen LogP contribution in [0.5, 0.6) is 0 Å². The van der Waals surface area contributed by atoms with Crippen LogP contribution in [0, 0.1) is 0 Å². The van der Waals surface area contributed by atoms with Crippen LogP contribution >= 0.6 is 0 Å². The van der Waals surface area contributed by atoms with Gasteiger partial charge in [0.1, 0.15) is 0 Å². The average Bonchev–Trinajstić information content (AvgIpc) is 2.61. The van der Waals surface area contributed by atoms with Crippen LogP contribution < -0.4 is 16.0 Å². The van der Waals surface area contributed by atoms with E-state index in [9.17, 15) is 9.59 Å². The van der Waals surface area contributed by atoms with Crippen molar-refractivity contribution in [3.63, 3.8) is 0 Å². The van der Waals surface area contributed by atoms with Crippen molar-refractivity contribution in [1.82, 2.24) is 10.6 Å². The first-order chi connectivity index (χ1) is 12.2. The van der Waals surface area contributed by atoms with E-state index in [2.05, 4.69) is 22.5 Å². The minimum absolute atomic E-state index is 0.255. The fourth-order valence-corrected chi connectivity index (χ4v) is 2.61. The van der Waals surface area contributed by atoms with Crippen LogP contribution in [0.25, 0.3) is 5.57 Å². The molecule has 0 aliphatic rings. The third-order valence-corrected chi connectivity index (χ3v) is 4.15. The van der Waals surface area contributed by atoms with Gasteiger partial charge in [-0.05, 0) is 50.1 Å². The first-order valence-corrected chi connectivity index (χ1v) is 8.41. The maximum atomic E-state index is 12.5. The van der Waals surface area contributed by atoms with Crippen LogP contribution in [-0.2, 0) is 5.54 Å². The molecular weight excluding hydrogens is 326 g/mol. The number of hydrogen-bond donors (Lipinski definition) is 3. The van der Waals surface area contributed by atoms with Gasteiger partial charge >= 0.3 is 6.03 Å². The minimum atomic E-state index is -0.600. The minimum Gasteiger partial charge on any atom is -0.355 e. The molecule has 26 heavy (non-hydrogen) atoms. The molecule has 2 aromatic rings. The number of amides is 3. The Morgan fingerprint density at radius 2 is 1.73 bits per heavy atom. The molecule has 2 rings (SSSR count). The molecule has 5 nitrogen and oxygen atoms in total. The molecule has 2 aromatic carbocycles. The second-order valence-corrected chi connectivity index (χ2v) is 6.69. The quantitative estimate of drug-likeness (QED) is 0.758. The van der Waals surface area contributed by atoms with E-state index in [-0.39, 0.29) is 11.9 Å². The van der Waals surface area contributed by atoms with Crippen LogP contribution in [0.2, 0.25) is 0 Å². The third-order valence-electron chi connectivity index (χ3n) is 4.15. The summed E-state index contributed by atoms with van der Waals surface area (Å²) in [5.41, 5.74) is 3.22. The maximum Gasteiger partial charge on any atom is 0.319 e. The summed E-state index contributed by atoms with van der Waals surface area (Å²) in [5.74, 6) is -0.255. The molecule has 0 fully saturated rings. The van der Waals surface area contributed by atoms with E-state index >= 15 is 0 Å². The van der Waals surface area contributed by atoms with Gasteiger partial charge in [-0.3, -0.25) is 4.79 Å². The van der Waals surface area contributed by atoms with Gasteiger partial charge in [-0.2, -0.15) is 0 Å². The second-order valence-electron chi connectivity index (χ2n) is 6.69. The molecule has 0 aliphatic heterocycles. The van der Waals surface area contributed by atoms with Crippen LogP contribution in [0.15, 0.2) is 55.1 Å². The lowest BCUT2D eigenvalue weighted by Crippen LogP contribution is -2.43. The van der Waals surface area contributed by atoms with Gasteiger partial charge in [-0.1, -0.05) is 42.5 Å².